The van der Waals surface area contributed by atoms with Gasteiger partial charge in [0.15, 0.2) is 0 Å². The van der Waals surface area contributed by atoms with Crippen molar-refractivity contribution < 1.29 is 0 Å². The first-order valence-electron chi connectivity index (χ1n) is 8.06. The van der Waals surface area contributed by atoms with E-state index in [2.05, 4.69) is 41.5 Å². The Morgan fingerprint density at radius 3 is 1.71 bits per heavy atom. The van der Waals surface area contributed by atoms with Crippen LogP contribution < -0.4 is 0 Å². The summed E-state index contributed by atoms with van der Waals surface area (Å²) in [5, 5.41) is 0. The van der Waals surface area contributed by atoms with Crippen LogP contribution in [0.2, 0.25) is 0 Å². The summed E-state index contributed by atoms with van der Waals surface area (Å²) in [6, 6.07) is 0. The van der Waals surface area contributed by atoms with Crippen LogP contribution in [0.1, 0.15) is 86.5 Å². The fourth-order valence-corrected chi connectivity index (χ4v) is 2.81. The normalized spacial score (nSPS) is 18.7. The molecule has 0 nitrogen and oxygen atoms in total. The van der Waals surface area contributed by atoms with E-state index in [0.29, 0.717) is 0 Å². The molecule has 0 amide bonds. The molecule has 0 saturated heterocycles. The van der Waals surface area contributed by atoms with Crippen LogP contribution in [0, 0.1) is 23.7 Å². The van der Waals surface area contributed by atoms with E-state index >= 15 is 0 Å². The molecule has 0 radical (unpaired) electrons. The van der Waals surface area contributed by atoms with Gasteiger partial charge in [0, 0.05) is 0 Å². The van der Waals surface area contributed by atoms with Crippen molar-refractivity contribution in [2.24, 2.45) is 23.7 Å². The molecular formula is C17H36. The summed E-state index contributed by atoms with van der Waals surface area (Å²) in [4.78, 5) is 0. The topological polar surface area (TPSA) is 0 Å². The van der Waals surface area contributed by atoms with Crippen molar-refractivity contribution >= 4 is 0 Å². The van der Waals surface area contributed by atoms with E-state index in [1.54, 1.807) is 0 Å². The van der Waals surface area contributed by atoms with Crippen LogP contribution in [0.4, 0.5) is 0 Å². The lowest BCUT2D eigenvalue weighted by Crippen LogP contribution is -2.12. The second kappa shape index (κ2) is 9.97. The van der Waals surface area contributed by atoms with Crippen molar-refractivity contribution in [3.8, 4) is 0 Å². The molecule has 0 spiro atoms. The third kappa shape index (κ3) is 7.11. The maximum absolute atomic E-state index is 2.44. The molecule has 0 aliphatic carbocycles. The van der Waals surface area contributed by atoms with Crippen molar-refractivity contribution in [3.63, 3.8) is 0 Å². The Morgan fingerprint density at radius 1 is 0.647 bits per heavy atom. The van der Waals surface area contributed by atoms with Gasteiger partial charge in [0.05, 0.1) is 0 Å². The van der Waals surface area contributed by atoms with Crippen molar-refractivity contribution in [1.82, 2.24) is 0 Å². The molecule has 0 rings (SSSR count). The molecular weight excluding hydrogens is 204 g/mol. The largest absolute Gasteiger partial charge is 0.0654 e. The van der Waals surface area contributed by atoms with Gasteiger partial charge in [-0.05, 0) is 23.7 Å². The van der Waals surface area contributed by atoms with Gasteiger partial charge < -0.3 is 0 Å². The molecule has 0 N–H and O–H groups in total. The third-order valence-electron chi connectivity index (χ3n) is 4.96. The minimum atomic E-state index is 0.906. The van der Waals surface area contributed by atoms with Crippen LogP contribution in [0.3, 0.4) is 0 Å². The van der Waals surface area contributed by atoms with Crippen molar-refractivity contribution in [1.29, 1.82) is 0 Å². The van der Waals surface area contributed by atoms with E-state index in [1.165, 1.54) is 44.9 Å². The summed E-state index contributed by atoms with van der Waals surface area (Å²) in [6.07, 6.45) is 9.83. The average molecular weight is 240 g/mol. The maximum atomic E-state index is 2.44. The third-order valence-corrected chi connectivity index (χ3v) is 4.96. The van der Waals surface area contributed by atoms with Gasteiger partial charge in [-0.25, -0.2) is 0 Å². The van der Waals surface area contributed by atoms with E-state index in [-0.39, 0.29) is 0 Å². The molecule has 0 aromatic rings. The SMILES string of the molecule is CCCC(CCCC(C)C(C)CC)C(C)CC. The standard InChI is InChI=1S/C17H36/c1-7-11-17(15(5)9-3)13-10-12-16(6)14(4)8-2/h14-17H,7-13H2,1-6H3. The van der Waals surface area contributed by atoms with Crippen LogP contribution in [0.25, 0.3) is 0 Å². The first kappa shape index (κ1) is 17.0. The molecule has 0 saturated carbocycles. The van der Waals surface area contributed by atoms with Crippen molar-refractivity contribution in [2.45, 2.75) is 86.5 Å². The van der Waals surface area contributed by atoms with Gasteiger partial charge in [-0.2, -0.15) is 0 Å². The zero-order valence-corrected chi connectivity index (χ0v) is 13.3. The molecule has 0 aliphatic heterocycles. The zero-order valence-electron chi connectivity index (χ0n) is 13.3. The second-order valence-electron chi connectivity index (χ2n) is 6.23. The lowest BCUT2D eigenvalue weighted by atomic mass is 9.82. The van der Waals surface area contributed by atoms with Gasteiger partial charge in [0.25, 0.3) is 0 Å². The molecule has 0 aromatic carbocycles. The highest BCUT2D eigenvalue weighted by Gasteiger charge is 2.16. The van der Waals surface area contributed by atoms with Crippen LogP contribution in [0.15, 0.2) is 0 Å². The van der Waals surface area contributed by atoms with Crippen LogP contribution >= 0.6 is 0 Å². The summed E-state index contributed by atoms with van der Waals surface area (Å²) in [6.45, 7) is 14.3. The van der Waals surface area contributed by atoms with Gasteiger partial charge in [0.2, 0.25) is 0 Å². The molecule has 0 heterocycles. The van der Waals surface area contributed by atoms with Gasteiger partial charge in [0.1, 0.15) is 0 Å². The van der Waals surface area contributed by atoms with Crippen LogP contribution in [-0.4, -0.2) is 0 Å². The maximum Gasteiger partial charge on any atom is -0.0389 e. The van der Waals surface area contributed by atoms with Crippen LogP contribution in [-0.2, 0) is 0 Å². The monoisotopic (exact) mass is 240 g/mol. The highest BCUT2D eigenvalue weighted by molar-refractivity contribution is 4.67. The molecule has 0 fully saturated rings. The van der Waals surface area contributed by atoms with Crippen LogP contribution in [0.5, 0.6) is 0 Å². The van der Waals surface area contributed by atoms with Gasteiger partial charge in [-0.1, -0.05) is 86.5 Å². The Kier molecular flexibility index (Phi) is 9.97. The summed E-state index contributed by atoms with van der Waals surface area (Å²) < 4.78 is 0. The molecule has 104 valence electrons. The highest BCUT2D eigenvalue weighted by Crippen LogP contribution is 2.28. The summed E-state index contributed by atoms with van der Waals surface area (Å²) >= 11 is 0. The van der Waals surface area contributed by atoms with E-state index in [4.69, 9.17) is 0 Å². The molecule has 4 atom stereocenters. The van der Waals surface area contributed by atoms with Gasteiger partial charge in [-0.3, -0.25) is 0 Å². The lowest BCUT2D eigenvalue weighted by Gasteiger charge is -2.24. The lowest BCUT2D eigenvalue weighted by molar-refractivity contribution is 0.274. The van der Waals surface area contributed by atoms with Gasteiger partial charge in [-0.15, -0.1) is 0 Å². The highest BCUT2D eigenvalue weighted by atomic mass is 14.2. The molecule has 0 aromatic heterocycles. The van der Waals surface area contributed by atoms with Gasteiger partial charge >= 0.3 is 0 Å². The van der Waals surface area contributed by atoms with E-state index < -0.39 is 0 Å². The van der Waals surface area contributed by atoms with Crippen molar-refractivity contribution in [3.05, 3.63) is 0 Å². The first-order valence-corrected chi connectivity index (χ1v) is 8.06. The number of hydrogen-bond donors (Lipinski definition) is 0. The molecule has 0 heteroatoms. The molecule has 0 bridgehead atoms. The Morgan fingerprint density at radius 2 is 1.24 bits per heavy atom. The zero-order chi connectivity index (χ0) is 13.3. The number of hydrogen-bond acceptors (Lipinski definition) is 0. The predicted molar refractivity (Wildman–Crippen MR) is 80.3 cm³/mol. The smallest absolute Gasteiger partial charge is 0.0389 e. The Hall–Kier alpha value is 0. The van der Waals surface area contributed by atoms with Crippen molar-refractivity contribution in [2.75, 3.05) is 0 Å². The molecule has 4 unspecified atom stereocenters. The van der Waals surface area contributed by atoms with E-state index in [1.807, 2.05) is 0 Å². The minimum absolute atomic E-state index is 0.906. The fraction of sp³-hybridized carbons (Fsp3) is 1.00. The Labute approximate surface area is 111 Å². The number of rotatable bonds is 10. The average Bonchev–Trinajstić information content (AvgIpc) is 2.35. The molecule has 0 aliphatic rings. The van der Waals surface area contributed by atoms with E-state index in [0.717, 1.165) is 23.7 Å². The summed E-state index contributed by atoms with van der Waals surface area (Å²) in [5.74, 6) is 3.73. The molecule has 17 heavy (non-hydrogen) atoms. The predicted octanol–water partition coefficient (Wildman–Crippen LogP) is 6.30. The fourth-order valence-electron chi connectivity index (χ4n) is 2.81. The first-order chi connectivity index (χ1) is 8.06. The summed E-state index contributed by atoms with van der Waals surface area (Å²) in [5.41, 5.74) is 0. The second-order valence-corrected chi connectivity index (χ2v) is 6.23. The quantitative estimate of drug-likeness (QED) is 0.420. The minimum Gasteiger partial charge on any atom is -0.0654 e. The Bertz CT molecular complexity index is 161. The Balaban J connectivity index is 3.88. The van der Waals surface area contributed by atoms with E-state index in [9.17, 15) is 0 Å². The summed E-state index contributed by atoms with van der Waals surface area (Å²) in [7, 11) is 0.